The maximum atomic E-state index is 11.7. The summed E-state index contributed by atoms with van der Waals surface area (Å²) in [4.78, 5) is 16.0. The molecule has 0 unspecified atom stereocenters. The van der Waals surface area contributed by atoms with Crippen molar-refractivity contribution in [3.63, 3.8) is 0 Å². The smallest absolute Gasteiger partial charge is 0.243 e. The molecule has 0 atom stereocenters. The van der Waals surface area contributed by atoms with Crippen LogP contribution < -0.4 is 5.73 Å². The fraction of sp³-hybridized carbons (Fsp3) is 0.308. The molecule has 0 radical (unpaired) electrons. The molecule has 1 amide bonds. The Balaban J connectivity index is 2.88. The third-order valence-electron chi connectivity index (χ3n) is 3.16. The summed E-state index contributed by atoms with van der Waals surface area (Å²) in [6.45, 7) is 3.40. The van der Waals surface area contributed by atoms with Crippen molar-refractivity contribution in [2.75, 3.05) is 0 Å². The zero-order chi connectivity index (χ0) is 14.2. The van der Waals surface area contributed by atoms with E-state index in [1.807, 2.05) is 0 Å². The highest BCUT2D eigenvalue weighted by Gasteiger charge is 2.31. The standard InChI is InChI=1S/C13H13ClN4O/c1-13(2,12(16)19)18-9-5-3-4-8(7-15)11(9)17-10(18)6-14/h3-5H,6H2,1-2H3,(H2,16,19). The van der Waals surface area contributed by atoms with Crippen molar-refractivity contribution in [2.45, 2.75) is 25.3 Å². The normalized spacial score (nSPS) is 11.5. The van der Waals surface area contributed by atoms with Gasteiger partial charge in [-0.3, -0.25) is 4.79 Å². The van der Waals surface area contributed by atoms with Crippen molar-refractivity contribution in [1.82, 2.24) is 9.55 Å². The van der Waals surface area contributed by atoms with Gasteiger partial charge in [-0.2, -0.15) is 5.26 Å². The number of hydrogen-bond acceptors (Lipinski definition) is 3. The van der Waals surface area contributed by atoms with Crippen molar-refractivity contribution < 1.29 is 4.79 Å². The summed E-state index contributed by atoms with van der Waals surface area (Å²) in [5.41, 5.74) is 6.15. The minimum absolute atomic E-state index is 0.135. The molecule has 1 heterocycles. The van der Waals surface area contributed by atoms with Crippen LogP contribution in [0, 0.1) is 11.3 Å². The van der Waals surface area contributed by atoms with E-state index in [4.69, 9.17) is 22.6 Å². The van der Waals surface area contributed by atoms with Crippen LogP contribution in [0.4, 0.5) is 0 Å². The van der Waals surface area contributed by atoms with Crippen LogP contribution in [-0.2, 0) is 16.2 Å². The lowest BCUT2D eigenvalue weighted by Gasteiger charge is -2.25. The van der Waals surface area contributed by atoms with Gasteiger partial charge in [-0.25, -0.2) is 4.98 Å². The molecule has 2 N–H and O–H groups in total. The predicted molar refractivity (Wildman–Crippen MR) is 72.5 cm³/mol. The Morgan fingerprint density at radius 2 is 2.26 bits per heavy atom. The van der Waals surface area contributed by atoms with E-state index >= 15 is 0 Å². The van der Waals surface area contributed by atoms with Gasteiger partial charge in [0.05, 0.1) is 17.0 Å². The average molecular weight is 277 g/mol. The third kappa shape index (κ3) is 1.94. The zero-order valence-electron chi connectivity index (χ0n) is 10.6. The number of rotatable bonds is 3. The first-order valence-corrected chi connectivity index (χ1v) is 6.23. The van der Waals surface area contributed by atoms with Gasteiger partial charge >= 0.3 is 0 Å². The second-order valence-corrected chi connectivity index (χ2v) is 4.97. The number of carbonyl (C=O) groups excluding carboxylic acids is 1. The number of carbonyl (C=O) groups is 1. The van der Waals surface area contributed by atoms with E-state index in [1.165, 1.54) is 0 Å². The highest BCUT2D eigenvalue weighted by molar-refractivity contribution is 6.17. The molecular formula is C13H13ClN4O. The number of imidazole rings is 1. The lowest BCUT2D eigenvalue weighted by Crippen LogP contribution is -2.41. The van der Waals surface area contributed by atoms with E-state index in [0.717, 1.165) is 0 Å². The Bertz CT molecular complexity index is 696. The molecule has 0 aliphatic carbocycles. The number of halogens is 1. The Kier molecular flexibility index (Phi) is 3.21. The van der Waals surface area contributed by atoms with Crippen LogP contribution in [0.2, 0.25) is 0 Å². The summed E-state index contributed by atoms with van der Waals surface area (Å²) in [5, 5.41) is 9.10. The molecule has 0 fully saturated rings. The van der Waals surface area contributed by atoms with Crippen molar-refractivity contribution in [3.05, 3.63) is 29.6 Å². The Morgan fingerprint density at radius 3 is 2.79 bits per heavy atom. The van der Waals surface area contributed by atoms with E-state index in [1.54, 1.807) is 36.6 Å². The van der Waals surface area contributed by atoms with Gasteiger partial charge in [0.1, 0.15) is 22.9 Å². The van der Waals surface area contributed by atoms with Crippen LogP contribution in [0.5, 0.6) is 0 Å². The van der Waals surface area contributed by atoms with Gasteiger partial charge in [0, 0.05) is 0 Å². The number of aromatic nitrogens is 2. The Labute approximate surface area is 115 Å². The largest absolute Gasteiger partial charge is 0.368 e. The highest BCUT2D eigenvalue weighted by atomic mass is 35.5. The molecule has 98 valence electrons. The number of nitriles is 1. The van der Waals surface area contributed by atoms with Gasteiger partial charge in [-0.15, -0.1) is 11.6 Å². The summed E-state index contributed by atoms with van der Waals surface area (Å²) < 4.78 is 1.69. The van der Waals surface area contributed by atoms with E-state index in [9.17, 15) is 4.79 Å². The molecule has 1 aromatic carbocycles. The number of para-hydroxylation sites is 1. The van der Waals surface area contributed by atoms with Gasteiger partial charge in [-0.1, -0.05) is 6.07 Å². The summed E-state index contributed by atoms with van der Waals surface area (Å²) in [7, 11) is 0. The number of alkyl halides is 1. The summed E-state index contributed by atoms with van der Waals surface area (Å²) >= 11 is 5.89. The molecule has 0 bridgehead atoms. The lowest BCUT2D eigenvalue weighted by atomic mass is 10.0. The van der Waals surface area contributed by atoms with Crippen molar-refractivity contribution >= 4 is 28.5 Å². The SMILES string of the molecule is CC(C)(C(N)=O)n1c(CCl)nc2c(C#N)cccc21. The van der Waals surface area contributed by atoms with Crippen LogP contribution in [0.3, 0.4) is 0 Å². The lowest BCUT2D eigenvalue weighted by molar-refractivity contribution is -0.125. The maximum Gasteiger partial charge on any atom is 0.243 e. The molecule has 1 aromatic heterocycles. The molecule has 5 nitrogen and oxygen atoms in total. The number of primary amides is 1. The predicted octanol–water partition coefficient (Wildman–Crippen LogP) is 1.87. The van der Waals surface area contributed by atoms with Crippen LogP contribution in [0.25, 0.3) is 11.0 Å². The fourth-order valence-corrected chi connectivity index (χ4v) is 2.24. The number of fused-ring (bicyclic) bond motifs is 1. The van der Waals surface area contributed by atoms with E-state index in [0.29, 0.717) is 22.4 Å². The minimum Gasteiger partial charge on any atom is -0.368 e. The number of nitrogens with two attached hydrogens (primary N) is 1. The van der Waals surface area contributed by atoms with Gasteiger partial charge in [0.15, 0.2) is 0 Å². The Hall–Kier alpha value is -2.06. The average Bonchev–Trinajstić information content (AvgIpc) is 2.77. The first kappa shape index (κ1) is 13.4. The Morgan fingerprint density at radius 1 is 1.58 bits per heavy atom. The van der Waals surface area contributed by atoms with Crippen LogP contribution in [0.15, 0.2) is 18.2 Å². The molecule has 0 aliphatic rings. The second kappa shape index (κ2) is 4.56. The van der Waals surface area contributed by atoms with Crippen molar-refractivity contribution in [3.8, 4) is 6.07 Å². The van der Waals surface area contributed by atoms with E-state index < -0.39 is 11.4 Å². The summed E-state index contributed by atoms with van der Waals surface area (Å²) in [6.07, 6.45) is 0. The highest BCUT2D eigenvalue weighted by Crippen LogP contribution is 2.27. The van der Waals surface area contributed by atoms with Gasteiger partial charge < -0.3 is 10.3 Å². The van der Waals surface area contributed by atoms with Gasteiger partial charge in [-0.05, 0) is 26.0 Å². The summed E-state index contributed by atoms with van der Waals surface area (Å²) in [5.74, 6) is 0.166. The molecule has 19 heavy (non-hydrogen) atoms. The molecule has 0 saturated heterocycles. The van der Waals surface area contributed by atoms with E-state index in [2.05, 4.69) is 11.1 Å². The molecule has 0 aliphatic heterocycles. The first-order valence-electron chi connectivity index (χ1n) is 5.70. The van der Waals surface area contributed by atoms with Crippen LogP contribution in [0.1, 0.15) is 25.2 Å². The molecule has 2 aromatic rings. The summed E-state index contributed by atoms with van der Waals surface area (Å²) in [6, 6.07) is 7.30. The zero-order valence-corrected chi connectivity index (χ0v) is 11.4. The van der Waals surface area contributed by atoms with Gasteiger partial charge in [0.2, 0.25) is 5.91 Å². The van der Waals surface area contributed by atoms with Gasteiger partial charge in [0.25, 0.3) is 0 Å². The van der Waals surface area contributed by atoms with Crippen molar-refractivity contribution in [1.29, 1.82) is 5.26 Å². The second-order valence-electron chi connectivity index (χ2n) is 4.71. The quantitative estimate of drug-likeness (QED) is 0.869. The molecule has 2 rings (SSSR count). The number of nitrogens with zero attached hydrogens (tertiary/aromatic N) is 3. The number of amides is 1. The monoisotopic (exact) mass is 276 g/mol. The van der Waals surface area contributed by atoms with Crippen molar-refractivity contribution in [2.24, 2.45) is 5.73 Å². The first-order chi connectivity index (χ1) is 8.93. The molecule has 6 heteroatoms. The van der Waals surface area contributed by atoms with Crippen LogP contribution >= 0.6 is 11.6 Å². The van der Waals surface area contributed by atoms with E-state index in [-0.39, 0.29) is 5.88 Å². The number of hydrogen-bond donors (Lipinski definition) is 1. The molecular weight excluding hydrogens is 264 g/mol. The minimum atomic E-state index is -0.965. The molecule has 0 spiro atoms. The third-order valence-corrected chi connectivity index (χ3v) is 3.40. The number of benzene rings is 1. The fourth-order valence-electron chi connectivity index (χ4n) is 2.06. The maximum absolute atomic E-state index is 11.7. The van der Waals surface area contributed by atoms with Crippen LogP contribution in [-0.4, -0.2) is 15.5 Å². The topological polar surface area (TPSA) is 84.7 Å². The molecule has 0 saturated carbocycles.